The number of halogens is 1. The van der Waals surface area contributed by atoms with E-state index in [-0.39, 0.29) is 18.7 Å². The molecule has 31 heavy (non-hydrogen) atoms. The van der Waals surface area contributed by atoms with Gasteiger partial charge in [0, 0.05) is 17.3 Å². The Labute approximate surface area is 180 Å². The highest BCUT2D eigenvalue weighted by molar-refractivity contribution is 7.17. The molecule has 0 saturated carbocycles. The van der Waals surface area contributed by atoms with Gasteiger partial charge < -0.3 is 10.1 Å². The van der Waals surface area contributed by atoms with Crippen LogP contribution in [0.15, 0.2) is 69.6 Å². The molecule has 158 valence electrons. The lowest BCUT2D eigenvalue weighted by Crippen LogP contribution is -2.41. The highest BCUT2D eigenvalue weighted by Crippen LogP contribution is 2.18. The third-order valence-electron chi connectivity index (χ3n) is 4.78. The van der Waals surface area contributed by atoms with Gasteiger partial charge in [-0.3, -0.25) is 18.7 Å². The van der Waals surface area contributed by atoms with E-state index in [9.17, 15) is 18.8 Å². The molecule has 0 bridgehead atoms. The highest BCUT2D eigenvalue weighted by atomic mass is 32.1. The fourth-order valence-corrected chi connectivity index (χ4v) is 4.11. The Bertz CT molecular complexity index is 1390. The van der Waals surface area contributed by atoms with Crippen LogP contribution in [0.4, 0.5) is 10.1 Å². The summed E-state index contributed by atoms with van der Waals surface area (Å²) < 4.78 is 21.8. The molecule has 4 aromatic rings. The average Bonchev–Trinajstić information content (AvgIpc) is 3.25. The summed E-state index contributed by atoms with van der Waals surface area (Å²) in [6.07, 6.45) is 0. The lowest BCUT2D eigenvalue weighted by molar-refractivity contribution is -0.116. The molecule has 4 rings (SSSR count). The van der Waals surface area contributed by atoms with Crippen molar-refractivity contribution in [3.8, 4) is 5.75 Å². The van der Waals surface area contributed by atoms with Crippen molar-refractivity contribution >= 4 is 33.1 Å². The number of methoxy groups -OCH3 is 1. The van der Waals surface area contributed by atoms with Gasteiger partial charge in [-0.2, -0.15) is 0 Å². The molecule has 0 radical (unpaired) electrons. The van der Waals surface area contributed by atoms with E-state index in [1.165, 1.54) is 41.2 Å². The van der Waals surface area contributed by atoms with Crippen LogP contribution in [0.2, 0.25) is 0 Å². The zero-order valence-corrected chi connectivity index (χ0v) is 17.3. The monoisotopic (exact) mass is 439 g/mol. The van der Waals surface area contributed by atoms with Gasteiger partial charge in [-0.05, 0) is 29.6 Å². The topological polar surface area (TPSA) is 82.3 Å². The smallest absolute Gasteiger partial charge is 0.332 e. The molecule has 2 aromatic carbocycles. The Balaban J connectivity index is 1.71. The number of thiophene rings is 1. The Morgan fingerprint density at radius 1 is 1.10 bits per heavy atom. The van der Waals surface area contributed by atoms with E-state index in [1.807, 2.05) is 0 Å². The van der Waals surface area contributed by atoms with Gasteiger partial charge in [0.1, 0.15) is 22.8 Å². The summed E-state index contributed by atoms with van der Waals surface area (Å²) >= 11 is 1.17. The number of fused-ring (bicyclic) bond motifs is 1. The van der Waals surface area contributed by atoms with E-state index >= 15 is 0 Å². The maximum Gasteiger partial charge on any atom is 0.332 e. The molecule has 0 unspecified atom stereocenters. The third-order valence-corrected chi connectivity index (χ3v) is 5.67. The molecular weight excluding hydrogens is 421 g/mol. The van der Waals surface area contributed by atoms with Crippen molar-refractivity contribution in [3.05, 3.63) is 92.2 Å². The first-order valence-electron chi connectivity index (χ1n) is 9.36. The number of aromatic nitrogens is 2. The van der Waals surface area contributed by atoms with Crippen molar-refractivity contribution in [2.45, 2.75) is 13.1 Å². The van der Waals surface area contributed by atoms with E-state index in [1.54, 1.807) is 41.8 Å². The first-order chi connectivity index (χ1) is 15.0. The number of anilines is 1. The van der Waals surface area contributed by atoms with Crippen LogP contribution in [0.3, 0.4) is 0 Å². The molecule has 0 aliphatic carbocycles. The number of carbonyl (C=O) groups excluding carboxylic acids is 1. The minimum Gasteiger partial charge on any atom is -0.497 e. The molecular formula is C22H18FN3O4S. The highest BCUT2D eigenvalue weighted by Gasteiger charge is 2.17. The minimum atomic E-state index is -0.681. The molecule has 0 spiro atoms. The quantitative estimate of drug-likeness (QED) is 0.501. The average molecular weight is 439 g/mol. The van der Waals surface area contributed by atoms with Crippen LogP contribution in [0, 0.1) is 5.82 Å². The first kappa shape index (κ1) is 20.5. The van der Waals surface area contributed by atoms with Gasteiger partial charge >= 0.3 is 5.69 Å². The molecule has 9 heteroatoms. The molecule has 0 aliphatic heterocycles. The van der Waals surface area contributed by atoms with Crippen LogP contribution < -0.4 is 21.3 Å². The summed E-state index contributed by atoms with van der Waals surface area (Å²) in [5.74, 6) is -0.380. The molecule has 7 nitrogen and oxygen atoms in total. The standard InChI is InChI=1S/C22H18FN3O4S/c1-30-16-7-4-6-15(11-16)24-19(27)13-25-18-9-10-31-20(18)21(28)26(22(25)29)12-14-5-2-3-8-17(14)23/h2-11H,12-13H2,1H3,(H,24,27). The van der Waals surface area contributed by atoms with Crippen molar-refractivity contribution in [1.82, 2.24) is 9.13 Å². The number of nitrogens with zero attached hydrogens (tertiary/aromatic N) is 2. The van der Waals surface area contributed by atoms with Gasteiger partial charge in [-0.1, -0.05) is 24.3 Å². The van der Waals surface area contributed by atoms with E-state index in [0.29, 0.717) is 21.7 Å². The third kappa shape index (κ3) is 4.13. The molecule has 2 aromatic heterocycles. The number of benzene rings is 2. The second kappa shape index (κ2) is 8.57. The Morgan fingerprint density at radius 2 is 1.90 bits per heavy atom. The maximum atomic E-state index is 14.1. The van der Waals surface area contributed by atoms with Gasteiger partial charge in [-0.15, -0.1) is 11.3 Å². The summed E-state index contributed by atoms with van der Waals surface area (Å²) in [5, 5.41) is 4.40. The zero-order valence-electron chi connectivity index (χ0n) is 16.5. The summed E-state index contributed by atoms with van der Waals surface area (Å²) in [5.41, 5.74) is -0.100. The summed E-state index contributed by atoms with van der Waals surface area (Å²) in [4.78, 5) is 38.6. The van der Waals surface area contributed by atoms with Gasteiger partial charge in [0.15, 0.2) is 0 Å². The summed E-state index contributed by atoms with van der Waals surface area (Å²) in [6, 6.07) is 14.4. The predicted molar refractivity (Wildman–Crippen MR) is 117 cm³/mol. The Morgan fingerprint density at radius 3 is 2.68 bits per heavy atom. The number of hydrogen-bond acceptors (Lipinski definition) is 5. The predicted octanol–water partition coefficient (Wildman–Crippen LogP) is 3.06. The van der Waals surface area contributed by atoms with Gasteiger partial charge in [0.05, 0.1) is 19.2 Å². The number of ether oxygens (including phenoxy) is 1. The second-order valence-electron chi connectivity index (χ2n) is 6.77. The van der Waals surface area contributed by atoms with Crippen LogP contribution in [0.1, 0.15) is 5.56 Å². The van der Waals surface area contributed by atoms with E-state index in [0.717, 1.165) is 4.57 Å². The first-order valence-corrected chi connectivity index (χ1v) is 10.2. The van der Waals surface area contributed by atoms with Crippen LogP contribution in [-0.4, -0.2) is 22.2 Å². The lowest BCUT2D eigenvalue weighted by Gasteiger charge is -2.13. The molecule has 0 fully saturated rings. The minimum absolute atomic E-state index is 0.213. The number of nitrogens with one attached hydrogen (secondary N) is 1. The van der Waals surface area contributed by atoms with Crippen molar-refractivity contribution in [3.63, 3.8) is 0 Å². The van der Waals surface area contributed by atoms with Crippen molar-refractivity contribution in [1.29, 1.82) is 0 Å². The zero-order chi connectivity index (χ0) is 22.0. The molecule has 1 amide bonds. The normalized spacial score (nSPS) is 10.9. The maximum absolute atomic E-state index is 14.1. The van der Waals surface area contributed by atoms with Crippen LogP contribution in [0.25, 0.3) is 10.2 Å². The van der Waals surface area contributed by atoms with Crippen molar-refractivity contribution in [2.24, 2.45) is 0 Å². The Kier molecular flexibility index (Phi) is 5.68. The fourth-order valence-electron chi connectivity index (χ4n) is 3.27. The van der Waals surface area contributed by atoms with Gasteiger partial charge in [-0.25, -0.2) is 9.18 Å². The number of rotatable bonds is 6. The molecule has 2 heterocycles. The molecule has 1 N–H and O–H groups in total. The summed E-state index contributed by atoms with van der Waals surface area (Å²) in [6.45, 7) is -0.531. The number of hydrogen-bond donors (Lipinski definition) is 1. The van der Waals surface area contributed by atoms with Crippen molar-refractivity contribution in [2.75, 3.05) is 12.4 Å². The van der Waals surface area contributed by atoms with E-state index in [2.05, 4.69) is 5.32 Å². The fraction of sp³-hybridized carbons (Fsp3) is 0.136. The largest absolute Gasteiger partial charge is 0.497 e. The molecule has 0 saturated heterocycles. The summed E-state index contributed by atoms with van der Waals surface area (Å²) in [7, 11) is 1.52. The van der Waals surface area contributed by atoms with Crippen molar-refractivity contribution < 1.29 is 13.9 Å². The van der Waals surface area contributed by atoms with Crippen LogP contribution >= 0.6 is 11.3 Å². The number of carbonyl (C=O) groups is 1. The SMILES string of the molecule is COc1cccc(NC(=O)Cn2c(=O)n(Cc3ccccc3F)c(=O)c3sccc32)c1. The van der Waals surface area contributed by atoms with Crippen LogP contribution in [0.5, 0.6) is 5.75 Å². The van der Waals surface area contributed by atoms with Crippen LogP contribution in [-0.2, 0) is 17.9 Å². The molecule has 0 atom stereocenters. The molecule has 0 aliphatic rings. The van der Waals surface area contributed by atoms with Gasteiger partial charge in [0.2, 0.25) is 5.91 Å². The van der Waals surface area contributed by atoms with E-state index in [4.69, 9.17) is 4.74 Å². The Hall–Kier alpha value is -3.72. The van der Waals surface area contributed by atoms with Gasteiger partial charge in [0.25, 0.3) is 5.56 Å². The number of amides is 1. The second-order valence-corrected chi connectivity index (χ2v) is 7.68. The van der Waals surface area contributed by atoms with E-state index < -0.39 is 23.0 Å². The lowest BCUT2D eigenvalue weighted by atomic mass is 10.2.